The van der Waals surface area contributed by atoms with Gasteiger partial charge in [-0.15, -0.1) is 0 Å². The van der Waals surface area contributed by atoms with Crippen molar-refractivity contribution in [2.24, 2.45) is 0 Å². The minimum absolute atomic E-state index is 0.355. The second-order valence-electron chi connectivity index (χ2n) is 5.43. The van der Waals surface area contributed by atoms with Crippen LogP contribution < -0.4 is 5.32 Å². The van der Waals surface area contributed by atoms with Gasteiger partial charge in [0, 0.05) is 39.3 Å². The monoisotopic (exact) mass is 339 g/mol. The average Bonchev–Trinajstić information content (AvgIpc) is 2.50. The predicted molar refractivity (Wildman–Crippen MR) is 84.0 cm³/mol. The molecule has 3 saturated heterocycles. The molecule has 1 aromatic rings. The Hall–Kier alpha value is -0.720. The highest BCUT2D eigenvalue weighted by molar-refractivity contribution is 9.10. The SMILES string of the molecule is CCNc1nc(C2CN3CCN2CC3)nc(CC)c1Br. The summed E-state index contributed by atoms with van der Waals surface area (Å²) in [5, 5.41) is 3.34. The summed E-state index contributed by atoms with van der Waals surface area (Å²) in [5.41, 5.74) is 1.10. The van der Waals surface area contributed by atoms with Crippen molar-refractivity contribution in [2.75, 3.05) is 44.6 Å². The molecule has 0 radical (unpaired) electrons. The van der Waals surface area contributed by atoms with Gasteiger partial charge < -0.3 is 5.32 Å². The summed E-state index contributed by atoms with van der Waals surface area (Å²) < 4.78 is 1.02. The number of hydrogen-bond donors (Lipinski definition) is 1. The maximum atomic E-state index is 4.81. The van der Waals surface area contributed by atoms with Crippen LogP contribution in [0.1, 0.15) is 31.4 Å². The average molecular weight is 340 g/mol. The molecule has 20 heavy (non-hydrogen) atoms. The zero-order valence-corrected chi connectivity index (χ0v) is 13.8. The number of aryl methyl sites for hydroxylation is 1. The molecule has 1 unspecified atom stereocenters. The zero-order valence-electron chi connectivity index (χ0n) is 12.2. The summed E-state index contributed by atoms with van der Waals surface area (Å²) in [6.45, 7) is 10.8. The van der Waals surface area contributed by atoms with E-state index in [0.717, 1.165) is 54.4 Å². The molecule has 0 aliphatic carbocycles. The molecule has 4 heterocycles. The van der Waals surface area contributed by atoms with E-state index >= 15 is 0 Å². The van der Waals surface area contributed by atoms with Crippen LogP contribution >= 0.6 is 15.9 Å². The molecule has 1 aromatic heterocycles. The Morgan fingerprint density at radius 1 is 1.20 bits per heavy atom. The highest BCUT2D eigenvalue weighted by atomic mass is 79.9. The number of rotatable bonds is 4. The lowest BCUT2D eigenvalue weighted by Gasteiger charge is -2.46. The molecule has 3 fully saturated rings. The molecule has 3 aliphatic rings. The Kier molecular flexibility index (Phi) is 4.23. The summed E-state index contributed by atoms with van der Waals surface area (Å²) in [7, 11) is 0. The molecule has 110 valence electrons. The third-order valence-electron chi connectivity index (χ3n) is 4.19. The van der Waals surface area contributed by atoms with Crippen LogP contribution in [0.2, 0.25) is 0 Å². The number of anilines is 1. The lowest BCUT2D eigenvalue weighted by atomic mass is 10.1. The Morgan fingerprint density at radius 2 is 1.95 bits per heavy atom. The van der Waals surface area contributed by atoms with Crippen LogP contribution in [0, 0.1) is 0 Å². The Labute approximate surface area is 128 Å². The maximum absolute atomic E-state index is 4.81. The first-order valence-corrected chi connectivity index (χ1v) is 8.28. The van der Waals surface area contributed by atoms with E-state index in [2.05, 4.69) is 44.9 Å². The van der Waals surface area contributed by atoms with Crippen molar-refractivity contribution in [3.05, 3.63) is 16.0 Å². The molecule has 6 heteroatoms. The molecule has 4 rings (SSSR count). The van der Waals surface area contributed by atoms with Crippen LogP contribution in [0.4, 0.5) is 5.82 Å². The molecule has 0 saturated carbocycles. The molecule has 3 aliphatic heterocycles. The van der Waals surface area contributed by atoms with E-state index in [9.17, 15) is 0 Å². The molecular formula is C14H22BrN5. The minimum atomic E-state index is 0.355. The van der Waals surface area contributed by atoms with Crippen molar-refractivity contribution in [1.82, 2.24) is 19.8 Å². The molecule has 0 aromatic carbocycles. The Bertz CT molecular complexity index is 485. The van der Waals surface area contributed by atoms with E-state index in [1.165, 1.54) is 13.1 Å². The fourth-order valence-corrected chi connectivity index (χ4v) is 3.64. The number of piperazine rings is 3. The lowest BCUT2D eigenvalue weighted by Crippen LogP contribution is -2.57. The van der Waals surface area contributed by atoms with Crippen LogP contribution in [-0.4, -0.2) is 59.0 Å². The fourth-order valence-electron chi connectivity index (χ4n) is 3.04. The Balaban J connectivity index is 1.94. The standard InChI is InChI=1S/C14H22BrN5/c1-3-10-12(15)14(16-4-2)18-13(17-10)11-9-19-5-7-20(11)8-6-19/h11H,3-9H2,1-2H3,(H,16,17,18). The van der Waals surface area contributed by atoms with Crippen molar-refractivity contribution in [3.8, 4) is 0 Å². The largest absolute Gasteiger partial charge is 0.369 e. The van der Waals surface area contributed by atoms with E-state index in [1.807, 2.05) is 0 Å². The predicted octanol–water partition coefficient (Wildman–Crippen LogP) is 1.91. The van der Waals surface area contributed by atoms with Gasteiger partial charge in [0.1, 0.15) is 11.6 Å². The quantitative estimate of drug-likeness (QED) is 0.907. The molecular weight excluding hydrogens is 318 g/mol. The number of nitrogens with one attached hydrogen (secondary N) is 1. The number of halogens is 1. The van der Waals surface area contributed by atoms with Gasteiger partial charge >= 0.3 is 0 Å². The molecule has 5 nitrogen and oxygen atoms in total. The summed E-state index contributed by atoms with van der Waals surface area (Å²) in [5.74, 6) is 1.91. The van der Waals surface area contributed by atoms with Gasteiger partial charge in [-0.2, -0.15) is 0 Å². The van der Waals surface area contributed by atoms with Crippen molar-refractivity contribution >= 4 is 21.7 Å². The maximum Gasteiger partial charge on any atom is 0.149 e. The van der Waals surface area contributed by atoms with Crippen molar-refractivity contribution in [2.45, 2.75) is 26.3 Å². The normalized spacial score (nSPS) is 28.6. The van der Waals surface area contributed by atoms with E-state index in [1.54, 1.807) is 0 Å². The summed E-state index contributed by atoms with van der Waals surface area (Å²) >= 11 is 3.63. The van der Waals surface area contributed by atoms with Crippen LogP contribution in [0.15, 0.2) is 4.47 Å². The highest BCUT2D eigenvalue weighted by Gasteiger charge is 2.35. The van der Waals surface area contributed by atoms with E-state index in [4.69, 9.17) is 9.97 Å². The van der Waals surface area contributed by atoms with Crippen LogP contribution in [0.3, 0.4) is 0 Å². The van der Waals surface area contributed by atoms with Gasteiger partial charge in [0.15, 0.2) is 0 Å². The topological polar surface area (TPSA) is 44.3 Å². The second kappa shape index (κ2) is 5.95. The summed E-state index contributed by atoms with van der Waals surface area (Å²) in [6.07, 6.45) is 0.922. The van der Waals surface area contributed by atoms with Crippen molar-refractivity contribution in [1.29, 1.82) is 0 Å². The third-order valence-corrected chi connectivity index (χ3v) is 5.03. The first-order chi connectivity index (χ1) is 9.72. The number of fused-ring (bicyclic) bond motifs is 3. The molecule has 0 amide bonds. The molecule has 1 atom stereocenters. The minimum Gasteiger partial charge on any atom is -0.369 e. The van der Waals surface area contributed by atoms with Gasteiger partial charge in [-0.05, 0) is 29.3 Å². The van der Waals surface area contributed by atoms with Crippen molar-refractivity contribution < 1.29 is 0 Å². The van der Waals surface area contributed by atoms with E-state index in [0.29, 0.717) is 6.04 Å². The van der Waals surface area contributed by atoms with Crippen LogP contribution in [0.25, 0.3) is 0 Å². The Morgan fingerprint density at radius 3 is 2.50 bits per heavy atom. The van der Waals surface area contributed by atoms with Gasteiger partial charge in [0.05, 0.1) is 16.2 Å². The smallest absolute Gasteiger partial charge is 0.149 e. The molecule has 2 bridgehead atoms. The number of hydrogen-bond acceptors (Lipinski definition) is 5. The van der Waals surface area contributed by atoms with Gasteiger partial charge in [-0.25, -0.2) is 9.97 Å². The van der Waals surface area contributed by atoms with Gasteiger partial charge in [-0.3, -0.25) is 9.80 Å². The number of aromatic nitrogens is 2. The lowest BCUT2D eigenvalue weighted by molar-refractivity contribution is 0.00861. The third kappa shape index (κ3) is 2.56. The fraction of sp³-hybridized carbons (Fsp3) is 0.714. The van der Waals surface area contributed by atoms with Gasteiger partial charge in [0.25, 0.3) is 0 Å². The highest BCUT2D eigenvalue weighted by Crippen LogP contribution is 2.31. The van der Waals surface area contributed by atoms with Gasteiger partial charge in [0.2, 0.25) is 0 Å². The van der Waals surface area contributed by atoms with E-state index in [-0.39, 0.29) is 0 Å². The van der Waals surface area contributed by atoms with Crippen LogP contribution in [0.5, 0.6) is 0 Å². The summed E-state index contributed by atoms with van der Waals surface area (Å²) in [6, 6.07) is 0.355. The second-order valence-corrected chi connectivity index (χ2v) is 6.22. The summed E-state index contributed by atoms with van der Waals surface area (Å²) in [4.78, 5) is 14.6. The van der Waals surface area contributed by atoms with Crippen LogP contribution in [-0.2, 0) is 6.42 Å². The zero-order chi connectivity index (χ0) is 14.1. The molecule has 1 N–H and O–H groups in total. The number of nitrogens with zero attached hydrogens (tertiary/aromatic N) is 4. The molecule has 0 spiro atoms. The van der Waals surface area contributed by atoms with Gasteiger partial charge in [-0.1, -0.05) is 6.92 Å². The van der Waals surface area contributed by atoms with E-state index < -0.39 is 0 Å². The first kappa shape index (κ1) is 14.2. The van der Waals surface area contributed by atoms with Crippen molar-refractivity contribution in [3.63, 3.8) is 0 Å². The first-order valence-electron chi connectivity index (χ1n) is 7.49.